The zero-order valence-corrected chi connectivity index (χ0v) is 8.62. The van der Waals surface area contributed by atoms with Crippen LogP contribution in [-0.2, 0) is 15.9 Å². The van der Waals surface area contributed by atoms with E-state index in [0.717, 1.165) is 5.56 Å². The van der Waals surface area contributed by atoms with Gasteiger partial charge >= 0.3 is 0 Å². The van der Waals surface area contributed by atoms with E-state index in [9.17, 15) is 0 Å². The number of rotatable bonds is 2. The van der Waals surface area contributed by atoms with Gasteiger partial charge < -0.3 is 15.2 Å². The topological polar surface area (TPSA) is 44.5 Å². The van der Waals surface area contributed by atoms with E-state index >= 15 is 0 Å². The zero-order chi connectivity index (χ0) is 10.1. The minimum absolute atomic E-state index is 0.0794. The first-order chi connectivity index (χ1) is 6.65. The fraction of sp³-hybridized carbons (Fsp3) is 0.400. The van der Waals surface area contributed by atoms with Crippen LogP contribution >= 0.6 is 11.6 Å². The molecule has 0 aliphatic carbocycles. The number of halogens is 1. The van der Waals surface area contributed by atoms with E-state index in [0.29, 0.717) is 17.1 Å². The number of anilines is 1. The van der Waals surface area contributed by atoms with Gasteiger partial charge in [-0.1, -0.05) is 17.7 Å². The summed E-state index contributed by atoms with van der Waals surface area (Å²) < 4.78 is 10.6. The largest absolute Gasteiger partial charge is 0.398 e. The molecule has 1 aromatic carbocycles. The molecule has 1 saturated heterocycles. The molecule has 0 bridgehead atoms. The van der Waals surface area contributed by atoms with Crippen LogP contribution in [0.25, 0.3) is 0 Å². The zero-order valence-electron chi connectivity index (χ0n) is 7.87. The second kappa shape index (κ2) is 3.77. The fourth-order valence-electron chi connectivity index (χ4n) is 1.42. The lowest BCUT2D eigenvalue weighted by molar-refractivity contribution is -0.374. The monoisotopic (exact) mass is 213 g/mol. The number of nitrogens with two attached hydrogens (primary N) is 1. The Morgan fingerprint density at radius 3 is 2.71 bits per heavy atom. The Labute approximate surface area is 87.8 Å². The molecule has 1 aromatic rings. The van der Waals surface area contributed by atoms with Gasteiger partial charge in [0.1, 0.15) is 0 Å². The van der Waals surface area contributed by atoms with Gasteiger partial charge in [-0.3, -0.25) is 0 Å². The summed E-state index contributed by atoms with van der Waals surface area (Å²) in [7, 11) is 0. The Morgan fingerprint density at radius 1 is 1.43 bits per heavy atom. The maximum absolute atomic E-state index is 5.88. The van der Waals surface area contributed by atoms with Crippen LogP contribution in [0.5, 0.6) is 0 Å². The van der Waals surface area contributed by atoms with Crippen molar-refractivity contribution in [2.45, 2.75) is 25.9 Å². The lowest BCUT2D eigenvalue weighted by atomic mass is 10.1. The van der Waals surface area contributed by atoms with Gasteiger partial charge in [-0.2, -0.15) is 0 Å². The van der Waals surface area contributed by atoms with E-state index in [1.807, 2.05) is 19.1 Å². The van der Waals surface area contributed by atoms with Gasteiger partial charge in [-0.25, -0.2) is 0 Å². The highest BCUT2D eigenvalue weighted by molar-refractivity contribution is 6.33. The maximum atomic E-state index is 5.88. The summed E-state index contributed by atoms with van der Waals surface area (Å²) in [6, 6.07) is 5.56. The van der Waals surface area contributed by atoms with Gasteiger partial charge in [-0.15, -0.1) is 0 Å². The summed E-state index contributed by atoms with van der Waals surface area (Å²) in [5, 5.41) is 0.579. The molecule has 1 aliphatic heterocycles. The van der Waals surface area contributed by atoms with Crippen molar-refractivity contribution in [2.75, 3.05) is 5.73 Å². The Kier molecular flexibility index (Phi) is 2.63. The van der Waals surface area contributed by atoms with Crippen LogP contribution in [0.15, 0.2) is 18.2 Å². The van der Waals surface area contributed by atoms with Crippen molar-refractivity contribution in [1.82, 2.24) is 0 Å². The highest BCUT2D eigenvalue weighted by Gasteiger charge is 2.26. The van der Waals surface area contributed by atoms with Gasteiger partial charge in [0.25, 0.3) is 0 Å². The average molecular weight is 214 g/mol. The number of nitrogen functional groups attached to an aromatic ring is 1. The normalized spacial score (nSPS) is 25.9. The molecule has 1 heterocycles. The van der Waals surface area contributed by atoms with E-state index in [1.165, 1.54) is 0 Å². The van der Waals surface area contributed by atoms with Crippen LogP contribution in [0.4, 0.5) is 5.69 Å². The summed E-state index contributed by atoms with van der Waals surface area (Å²) in [6.07, 6.45) is 0.499. The molecule has 0 unspecified atom stereocenters. The molecule has 76 valence electrons. The molecule has 3 nitrogen and oxygen atoms in total. The molecule has 4 heteroatoms. The molecule has 0 amide bonds. The molecule has 0 radical (unpaired) electrons. The molecule has 14 heavy (non-hydrogen) atoms. The van der Waals surface area contributed by atoms with E-state index in [1.54, 1.807) is 6.07 Å². The van der Waals surface area contributed by atoms with Crippen LogP contribution in [-0.4, -0.2) is 12.6 Å². The molecular formula is C10H12ClNO2. The average Bonchev–Trinajstić information content (AvgIpc) is 2.09. The van der Waals surface area contributed by atoms with Crippen LogP contribution in [0, 0.1) is 0 Å². The molecule has 0 saturated carbocycles. The standard InChI is InChI=1S/C10H12ClNO2/c1-6-13-10(14-6)5-7-2-3-9(12)8(11)4-7/h2-4,6,10H,5,12H2,1H3. The maximum Gasteiger partial charge on any atom is 0.167 e. The highest BCUT2D eigenvalue weighted by Crippen LogP contribution is 2.24. The van der Waals surface area contributed by atoms with E-state index in [2.05, 4.69) is 0 Å². The second-order valence-corrected chi connectivity index (χ2v) is 3.74. The lowest BCUT2D eigenvalue weighted by Crippen LogP contribution is -2.40. The van der Waals surface area contributed by atoms with Crippen molar-refractivity contribution in [3.8, 4) is 0 Å². The van der Waals surface area contributed by atoms with Gasteiger partial charge in [-0.05, 0) is 24.6 Å². The van der Waals surface area contributed by atoms with Crippen molar-refractivity contribution in [3.63, 3.8) is 0 Å². The van der Waals surface area contributed by atoms with Crippen LogP contribution in [0.2, 0.25) is 5.02 Å². The van der Waals surface area contributed by atoms with Gasteiger partial charge in [0.15, 0.2) is 12.6 Å². The number of ether oxygens (including phenoxy) is 2. The predicted molar refractivity (Wildman–Crippen MR) is 55.0 cm³/mol. The molecule has 2 rings (SSSR count). The Bertz CT molecular complexity index is 337. The number of benzene rings is 1. The highest BCUT2D eigenvalue weighted by atomic mass is 35.5. The van der Waals surface area contributed by atoms with Crippen molar-refractivity contribution in [3.05, 3.63) is 28.8 Å². The smallest absolute Gasteiger partial charge is 0.167 e. The van der Waals surface area contributed by atoms with Crippen molar-refractivity contribution in [2.24, 2.45) is 0 Å². The molecule has 0 atom stereocenters. The van der Waals surface area contributed by atoms with E-state index in [-0.39, 0.29) is 12.6 Å². The molecule has 1 aliphatic rings. The van der Waals surface area contributed by atoms with Crippen molar-refractivity contribution < 1.29 is 9.47 Å². The first kappa shape index (κ1) is 9.77. The number of hydrogen-bond donors (Lipinski definition) is 1. The summed E-state index contributed by atoms with van der Waals surface area (Å²) in [5.74, 6) is 0. The predicted octanol–water partition coefficient (Wildman–Crippen LogP) is 2.18. The SMILES string of the molecule is CC1OC(Cc2ccc(N)c(Cl)c2)O1. The van der Waals surface area contributed by atoms with Crippen LogP contribution in [0.3, 0.4) is 0 Å². The van der Waals surface area contributed by atoms with Crippen LogP contribution < -0.4 is 5.73 Å². The first-order valence-corrected chi connectivity index (χ1v) is 4.88. The minimum atomic E-state index is -0.135. The first-order valence-electron chi connectivity index (χ1n) is 4.50. The van der Waals surface area contributed by atoms with Crippen LogP contribution in [0.1, 0.15) is 12.5 Å². The minimum Gasteiger partial charge on any atom is -0.398 e. The summed E-state index contributed by atoms with van der Waals surface area (Å²) >= 11 is 5.88. The summed E-state index contributed by atoms with van der Waals surface area (Å²) in [5.41, 5.74) is 7.26. The van der Waals surface area contributed by atoms with Gasteiger partial charge in [0, 0.05) is 6.42 Å². The Morgan fingerprint density at radius 2 is 2.14 bits per heavy atom. The third-order valence-electron chi connectivity index (χ3n) is 2.15. The molecule has 1 fully saturated rings. The van der Waals surface area contributed by atoms with Crippen molar-refractivity contribution in [1.29, 1.82) is 0 Å². The number of hydrogen-bond acceptors (Lipinski definition) is 3. The third kappa shape index (κ3) is 2.00. The quantitative estimate of drug-likeness (QED) is 0.766. The van der Waals surface area contributed by atoms with Gasteiger partial charge in [0.05, 0.1) is 10.7 Å². The molecule has 0 aromatic heterocycles. The van der Waals surface area contributed by atoms with Gasteiger partial charge in [0.2, 0.25) is 0 Å². The fourth-order valence-corrected chi connectivity index (χ4v) is 1.63. The Hall–Kier alpha value is -0.770. The second-order valence-electron chi connectivity index (χ2n) is 3.33. The van der Waals surface area contributed by atoms with E-state index in [4.69, 9.17) is 26.8 Å². The third-order valence-corrected chi connectivity index (χ3v) is 2.48. The van der Waals surface area contributed by atoms with E-state index < -0.39 is 0 Å². The summed E-state index contributed by atoms with van der Waals surface area (Å²) in [6.45, 7) is 1.87. The molecule has 2 N–H and O–H groups in total. The molecular weight excluding hydrogens is 202 g/mol. The lowest BCUT2D eigenvalue weighted by Gasteiger charge is -2.33. The van der Waals surface area contributed by atoms with Crippen molar-refractivity contribution >= 4 is 17.3 Å². The Balaban J connectivity index is 2.00. The molecule has 0 spiro atoms. The summed E-state index contributed by atoms with van der Waals surface area (Å²) in [4.78, 5) is 0.